The summed E-state index contributed by atoms with van der Waals surface area (Å²) in [6, 6.07) is 67.3. The van der Waals surface area contributed by atoms with Crippen LogP contribution in [0.5, 0.6) is 0 Å². The van der Waals surface area contributed by atoms with Crippen molar-refractivity contribution in [2.75, 3.05) is 0 Å². The summed E-state index contributed by atoms with van der Waals surface area (Å²) in [5, 5.41) is 2.32. The van der Waals surface area contributed by atoms with Gasteiger partial charge in [0.25, 0.3) is 0 Å². The molecule has 3 heteroatoms. The molecular formula is C50H33N3. The van der Waals surface area contributed by atoms with Gasteiger partial charge in [0.2, 0.25) is 0 Å². The first-order chi connectivity index (χ1) is 26.3. The molecule has 0 spiro atoms. The van der Waals surface area contributed by atoms with E-state index in [1.165, 1.54) is 49.9 Å². The van der Waals surface area contributed by atoms with Gasteiger partial charge >= 0.3 is 0 Å². The summed E-state index contributed by atoms with van der Waals surface area (Å²) in [4.78, 5) is 14.6. The molecule has 2 aromatic heterocycles. The molecule has 53 heavy (non-hydrogen) atoms. The van der Waals surface area contributed by atoms with E-state index in [1.807, 2.05) is 36.5 Å². The summed E-state index contributed by atoms with van der Waals surface area (Å²) in [6.45, 7) is 0. The van der Waals surface area contributed by atoms with E-state index in [9.17, 15) is 0 Å². The highest BCUT2D eigenvalue weighted by molar-refractivity contribution is 6.08. The number of benzene rings is 7. The van der Waals surface area contributed by atoms with Crippen LogP contribution in [0.15, 0.2) is 200 Å². The van der Waals surface area contributed by atoms with Gasteiger partial charge < -0.3 is 0 Å². The zero-order chi connectivity index (χ0) is 35.2. The number of rotatable bonds is 6. The van der Waals surface area contributed by atoms with Gasteiger partial charge in [-0.3, -0.25) is 4.98 Å². The standard InChI is InChI=1S/C50H33N3/c1-4-16-34(17-5-1)49-52-46(35-18-15-31-51-33-35)32-47(53-49)41-30-29-40(38-23-10-11-24-39(38)41)42-26-14-28-45-48(42)43-25-12-13-27-44(43)50(45,36-19-6-2-7-20-36)37-21-8-3-9-22-37/h1-33H. The Hall–Kier alpha value is -6.97. The Bertz CT molecular complexity index is 2660. The number of hydrogen-bond acceptors (Lipinski definition) is 3. The van der Waals surface area contributed by atoms with Gasteiger partial charge in [0.05, 0.1) is 16.8 Å². The van der Waals surface area contributed by atoms with Gasteiger partial charge in [-0.25, -0.2) is 9.97 Å². The van der Waals surface area contributed by atoms with E-state index in [-0.39, 0.29) is 0 Å². The largest absolute Gasteiger partial charge is 0.264 e. The van der Waals surface area contributed by atoms with Crippen LogP contribution in [0.1, 0.15) is 22.3 Å². The third-order valence-electron chi connectivity index (χ3n) is 10.7. The topological polar surface area (TPSA) is 38.7 Å². The second-order valence-electron chi connectivity index (χ2n) is 13.5. The van der Waals surface area contributed by atoms with E-state index in [0.29, 0.717) is 5.82 Å². The van der Waals surface area contributed by atoms with Crippen LogP contribution in [0, 0.1) is 0 Å². The lowest BCUT2D eigenvalue weighted by Gasteiger charge is -2.34. The summed E-state index contributed by atoms with van der Waals surface area (Å²) in [7, 11) is 0. The lowest BCUT2D eigenvalue weighted by Crippen LogP contribution is -2.28. The predicted molar refractivity (Wildman–Crippen MR) is 216 cm³/mol. The van der Waals surface area contributed by atoms with Crippen molar-refractivity contribution in [3.63, 3.8) is 0 Å². The number of fused-ring (bicyclic) bond motifs is 4. The van der Waals surface area contributed by atoms with Crippen molar-refractivity contribution < 1.29 is 0 Å². The molecule has 0 saturated heterocycles. The summed E-state index contributed by atoms with van der Waals surface area (Å²) in [5.41, 5.74) is 14.3. The smallest absolute Gasteiger partial charge is 0.160 e. The minimum Gasteiger partial charge on any atom is -0.264 e. The first-order valence-corrected chi connectivity index (χ1v) is 18.0. The van der Waals surface area contributed by atoms with Gasteiger partial charge in [0.15, 0.2) is 5.82 Å². The molecule has 10 rings (SSSR count). The maximum Gasteiger partial charge on any atom is 0.160 e. The van der Waals surface area contributed by atoms with Crippen molar-refractivity contribution in [1.82, 2.24) is 15.0 Å². The van der Waals surface area contributed by atoms with E-state index in [4.69, 9.17) is 9.97 Å². The maximum absolute atomic E-state index is 5.19. The fourth-order valence-corrected chi connectivity index (χ4v) is 8.44. The Kier molecular flexibility index (Phi) is 7.36. The molecule has 0 unspecified atom stereocenters. The Labute approximate surface area is 309 Å². The van der Waals surface area contributed by atoms with Crippen LogP contribution in [-0.4, -0.2) is 15.0 Å². The summed E-state index contributed by atoms with van der Waals surface area (Å²) >= 11 is 0. The SMILES string of the molecule is c1ccc(-c2nc(-c3cccnc3)cc(-c3ccc(-c4cccc5c4-c4ccccc4C5(c4ccccc4)c4ccccc4)c4ccccc34)n2)cc1. The minimum absolute atomic E-state index is 0.461. The Balaban J connectivity index is 1.22. The van der Waals surface area contributed by atoms with Gasteiger partial charge in [-0.05, 0) is 73.5 Å². The van der Waals surface area contributed by atoms with Gasteiger partial charge in [-0.15, -0.1) is 0 Å². The van der Waals surface area contributed by atoms with Crippen LogP contribution < -0.4 is 0 Å². The Morgan fingerprint density at radius 2 is 0.943 bits per heavy atom. The fourth-order valence-electron chi connectivity index (χ4n) is 8.44. The molecular weight excluding hydrogens is 643 g/mol. The predicted octanol–water partition coefficient (Wildman–Crippen LogP) is 12.1. The van der Waals surface area contributed by atoms with Crippen LogP contribution in [0.2, 0.25) is 0 Å². The van der Waals surface area contributed by atoms with Crippen molar-refractivity contribution in [1.29, 1.82) is 0 Å². The molecule has 3 nitrogen and oxygen atoms in total. The average molecular weight is 676 g/mol. The molecule has 0 amide bonds. The number of aromatic nitrogens is 3. The normalized spacial score (nSPS) is 12.7. The van der Waals surface area contributed by atoms with Crippen LogP contribution in [0.25, 0.3) is 66.9 Å². The highest BCUT2D eigenvalue weighted by Crippen LogP contribution is 2.58. The molecule has 9 aromatic rings. The quantitative estimate of drug-likeness (QED) is 0.176. The van der Waals surface area contributed by atoms with E-state index in [1.54, 1.807) is 6.20 Å². The monoisotopic (exact) mass is 675 g/mol. The van der Waals surface area contributed by atoms with Crippen LogP contribution in [0.4, 0.5) is 0 Å². The highest BCUT2D eigenvalue weighted by Gasteiger charge is 2.46. The summed E-state index contributed by atoms with van der Waals surface area (Å²) in [6.07, 6.45) is 3.65. The molecule has 1 aliphatic carbocycles. The molecule has 0 fully saturated rings. The van der Waals surface area contributed by atoms with Crippen molar-refractivity contribution in [2.45, 2.75) is 5.41 Å². The first-order valence-electron chi connectivity index (χ1n) is 18.0. The zero-order valence-electron chi connectivity index (χ0n) is 28.9. The lowest BCUT2D eigenvalue weighted by molar-refractivity contribution is 0.768. The second kappa shape index (κ2) is 12.7. The van der Waals surface area contributed by atoms with Crippen molar-refractivity contribution >= 4 is 10.8 Å². The average Bonchev–Trinajstić information content (AvgIpc) is 3.56. The van der Waals surface area contributed by atoms with E-state index in [2.05, 4.69) is 163 Å². The van der Waals surface area contributed by atoms with Gasteiger partial charge in [-0.2, -0.15) is 0 Å². The molecule has 0 bridgehead atoms. The molecule has 248 valence electrons. The first kappa shape index (κ1) is 30.8. The number of hydrogen-bond donors (Lipinski definition) is 0. The zero-order valence-corrected chi connectivity index (χ0v) is 28.9. The number of pyridine rings is 1. The molecule has 1 aliphatic rings. The lowest BCUT2D eigenvalue weighted by atomic mass is 9.67. The second-order valence-corrected chi connectivity index (χ2v) is 13.5. The molecule has 0 saturated carbocycles. The summed E-state index contributed by atoms with van der Waals surface area (Å²) < 4.78 is 0. The molecule has 0 atom stereocenters. The Morgan fingerprint density at radius 3 is 1.66 bits per heavy atom. The van der Waals surface area contributed by atoms with Gasteiger partial charge in [0.1, 0.15) is 0 Å². The molecule has 0 radical (unpaired) electrons. The third-order valence-corrected chi connectivity index (χ3v) is 10.7. The van der Waals surface area contributed by atoms with Crippen molar-refractivity contribution in [2.24, 2.45) is 0 Å². The fraction of sp³-hybridized carbons (Fsp3) is 0.0200. The van der Waals surface area contributed by atoms with Gasteiger partial charge in [0, 0.05) is 29.1 Å². The molecule has 7 aromatic carbocycles. The molecule has 0 N–H and O–H groups in total. The maximum atomic E-state index is 5.19. The van der Waals surface area contributed by atoms with E-state index >= 15 is 0 Å². The highest BCUT2D eigenvalue weighted by atomic mass is 14.9. The third kappa shape index (κ3) is 4.93. The summed E-state index contributed by atoms with van der Waals surface area (Å²) in [5.74, 6) is 0.686. The van der Waals surface area contributed by atoms with E-state index in [0.717, 1.165) is 33.5 Å². The molecule has 0 aliphatic heterocycles. The number of nitrogens with zero attached hydrogens (tertiary/aromatic N) is 3. The molecule has 2 heterocycles. The van der Waals surface area contributed by atoms with Crippen LogP contribution in [-0.2, 0) is 5.41 Å². The minimum atomic E-state index is -0.461. The Morgan fingerprint density at radius 1 is 0.377 bits per heavy atom. The van der Waals surface area contributed by atoms with Crippen molar-refractivity contribution in [3.05, 3.63) is 223 Å². The van der Waals surface area contributed by atoms with Crippen molar-refractivity contribution in [3.8, 4) is 56.2 Å². The van der Waals surface area contributed by atoms with Crippen LogP contribution in [0.3, 0.4) is 0 Å². The van der Waals surface area contributed by atoms with Crippen LogP contribution >= 0.6 is 0 Å². The van der Waals surface area contributed by atoms with E-state index < -0.39 is 5.41 Å². The van der Waals surface area contributed by atoms with Gasteiger partial charge in [-0.1, -0.05) is 170 Å².